The van der Waals surface area contributed by atoms with Gasteiger partial charge in [-0.15, -0.1) is 0 Å². The molecular formula is C37H32F3N3O5. The lowest BCUT2D eigenvalue weighted by Gasteiger charge is -2.22. The molecule has 0 bridgehead atoms. The number of aryl methyl sites for hydroxylation is 1. The average molecular weight is 656 g/mol. The van der Waals surface area contributed by atoms with E-state index in [2.05, 4.69) is 10.3 Å². The molecule has 1 atom stereocenters. The number of H-pyrrole nitrogens is 1. The first kappa shape index (κ1) is 32.2. The number of carbonyl (C=O) groups is 1. The van der Waals surface area contributed by atoms with Crippen LogP contribution in [-0.2, 0) is 19.6 Å². The number of nitrogens with one attached hydrogen (secondary N) is 2. The maximum absolute atomic E-state index is 14.0. The fourth-order valence-corrected chi connectivity index (χ4v) is 6.22. The number of nitrogens with zero attached hydrogens (tertiary/aromatic N) is 1. The number of amides is 1. The van der Waals surface area contributed by atoms with E-state index < -0.39 is 23.2 Å². The van der Waals surface area contributed by atoms with E-state index in [9.17, 15) is 27.9 Å². The number of para-hydroxylation sites is 2. The third-order valence-electron chi connectivity index (χ3n) is 8.61. The van der Waals surface area contributed by atoms with Crippen LogP contribution in [0, 0.1) is 0 Å². The monoisotopic (exact) mass is 655 g/mol. The molecular weight excluding hydrogens is 623 g/mol. The van der Waals surface area contributed by atoms with Gasteiger partial charge < -0.3 is 29.4 Å². The molecule has 6 rings (SSSR count). The first-order chi connectivity index (χ1) is 23.0. The van der Waals surface area contributed by atoms with Crippen molar-refractivity contribution in [2.24, 2.45) is 7.05 Å². The van der Waals surface area contributed by atoms with Gasteiger partial charge in [-0.2, -0.15) is 13.2 Å². The van der Waals surface area contributed by atoms with E-state index in [1.807, 2.05) is 24.3 Å². The summed E-state index contributed by atoms with van der Waals surface area (Å²) in [5, 5.41) is 15.8. The number of ether oxygens (including phenoxy) is 2. The lowest BCUT2D eigenvalue weighted by atomic mass is 9.84. The Labute approximate surface area is 273 Å². The number of carbonyl (C=O) groups excluding carboxylic acids is 1. The zero-order chi connectivity index (χ0) is 34.2. The van der Waals surface area contributed by atoms with Crippen LogP contribution in [0.5, 0.6) is 17.2 Å². The Bertz CT molecular complexity index is 2200. The van der Waals surface area contributed by atoms with Crippen LogP contribution in [-0.4, -0.2) is 41.3 Å². The Morgan fingerprint density at radius 2 is 1.58 bits per heavy atom. The van der Waals surface area contributed by atoms with Crippen molar-refractivity contribution in [1.29, 1.82) is 0 Å². The number of hydrogen-bond acceptors (Lipinski definition) is 5. The van der Waals surface area contributed by atoms with Crippen molar-refractivity contribution in [2.75, 3.05) is 20.8 Å². The Kier molecular flexibility index (Phi) is 8.61. The number of benzene rings is 4. The molecule has 0 radical (unpaired) electrons. The molecule has 0 spiro atoms. The molecule has 246 valence electrons. The van der Waals surface area contributed by atoms with E-state index in [0.717, 1.165) is 28.6 Å². The first-order valence-corrected chi connectivity index (χ1v) is 15.1. The molecule has 0 aliphatic heterocycles. The highest BCUT2D eigenvalue weighted by Gasteiger charge is 2.33. The van der Waals surface area contributed by atoms with Crippen molar-refractivity contribution in [3.63, 3.8) is 0 Å². The predicted octanol–water partition coefficient (Wildman–Crippen LogP) is 6.91. The van der Waals surface area contributed by atoms with Crippen molar-refractivity contribution in [1.82, 2.24) is 14.9 Å². The van der Waals surface area contributed by atoms with Gasteiger partial charge in [0, 0.05) is 41.1 Å². The third-order valence-corrected chi connectivity index (χ3v) is 8.61. The Morgan fingerprint density at radius 1 is 0.917 bits per heavy atom. The van der Waals surface area contributed by atoms with Gasteiger partial charge in [-0.1, -0.05) is 42.5 Å². The van der Waals surface area contributed by atoms with Crippen molar-refractivity contribution < 1.29 is 32.5 Å². The Hall–Kier alpha value is -5.71. The van der Waals surface area contributed by atoms with Gasteiger partial charge in [0.2, 0.25) is 0 Å². The van der Waals surface area contributed by atoms with E-state index in [1.54, 1.807) is 49.5 Å². The number of aromatic amines is 1. The molecule has 8 nitrogen and oxygen atoms in total. The summed E-state index contributed by atoms with van der Waals surface area (Å²) in [5.41, 5.74) is 1.88. The van der Waals surface area contributed by atoms with Crippen LogP contribution in [0.2, 0.25) is 0 Å². The molecule has 11 heteroatoms. The average Bonchev–Trinajstić information content (AvgIpc) is 3.46. The second kappa shape index (κ2) is 12.8. The lowest BCUT2D eigenvalue weighted by Crippen LogP contribution is -2.27. The minimum Gasteiger partial charge on any atom is -0.507 e. The van der Waals surface area contributed by atoms with Crippen LogP contribution in [0.4, 0.5) is 13.2 Å². The van der Waals surface area contributed by atoms with Crippen molar-refractivity contribution in [3.8, 4) is 17.2 Å². The number of pyridine rings is 1. The SMILES string of the molecule is COc1ccc(C(=O)NCCc2c(C(c3ccc(C(F)(F)F)cc3)c3c(O)c4ccccc4n(C)c3=O)[nH]c3ccccc23)cc1OC. The number of fused-ring (bicyclic) bond motifs is 2. The molecule has 6 aromatic rings. The topological polar surface area (TPSA) is 106 Å². The number of hydrogen-bond donors (Lipinski definition) is 3. The first-order valence-electron chi connectivity index (χ1n) is 15.1. The Balaban J connectivity index is 1.47. The molecule has 2 aromatic heterocycles. The molecule has 0 aliphatic rings. The molecule has 0 saturated carbocycles. The van der Waals surface area contributed by atoms with E-state index in [-0.39, 0.29) is 23.8 Å². The maximum atomic E-state index is 14.0. The predicted molar refractivity (Wildman–Crippen MR) is 177 cm³/mol. The molecule has 1 unspecified atom stereocenters. The van der Waals surface area contributed by atoms with Crippen molar-refractivity contribution in [3.05, 3.63) is 135 Å². The van der Waals surface area contributed by atoms with Crippen LogP contribution < -0.4 is 20.3 Å². The van der Waals surface area contributed by atoms with Crippen LogP contribution >= 0.6 is 0 Å². The van der Waals surface area contributed by atoms with E-state index >= 15 is 0 Å². The van der Waals surface area contributed by atoms with Crippen molar-refractivity contribution >= 4 is 27.7 Å². The number of alkyl halides is 3. The van der Waals surface area contributed by atoms with Gasteiger partial charge in [-0.25, -0.2) is 0 Å². The highest BCUT2D eigenvalue weighted by Crippen LogP contribution is 2.42. The van der Waals surface area contributed by atoms with Crippen LogP contribution in [0.15, 0.2) is 95.8 Å². The smallest absolute Gasteiger partial charge is 0.416 e. The summed E-state index contributed by atoms with van der Waals surface area (Å²) >= 11 is 0. The summed E-state index contributed by atoms with van der Waals surface area (Å²) in [4.78, 5) is 30.6. The molecule has 1 amide bonds. The zero-order valence-electron chi connectivity index (χ0n) is 26.3. The van der Waals surface area contributed by atoms with Crippen LogP contribution in [0.3, 0.4) is 0 Å². The summed E-state index contributed by atoms with van der Waals surface area (Å²) in [6.45, 7) is 0.184. The third kappa shape index (κ3) is 5.83. The van der Waals surface area contributed by atoms with Gasteiger partial charge in [0.15, 0.2) is 11.5 Å². The molecule has 2 heterocycles. The standard InChI is InChI=1S/C37H32F3N3O5/c1-43-28-11-7-5-9-26(28)34(44)32(36(43)46)31(21-12-15-23(16-13-21)37(38,39)40)33-25(24-8-4-6-10-27(24)42-33)18-19-41-35(45)22-14-17-29(47-2)30(20-22)48-3/h4-17,20,31,42,44H,18-19H2,1-3H3,(H,41,45). The van der Waals surface area contributed by atoms with Gasteiger partial charge in [-0.05, 0) is 66.1 Å². The molecule has 0 fully saturated rings. The summed E-state index contributed by atoms with van der Waals surface area (Å²) in [5.74, 6) is -0.711. The second-order valence-electron chi connectivity index (χ2n) is 11.3. The lowest BCUT2D eigenvalue weighted by molar-refractivity contribution is -0.137. The van der Waals surface area contributed by atoms with Crippen LogP contribution in [0.1, 0.15) is 44.2 Å². The van der Waals surface area contributed by atoms with E-state index in [1.165, 1.54) is 30.9 Å². The molecule has 3 N–H and O–H groups in total. The van der Waals surface area contributed by atoms with E-state index in [0.29, 0.717) is 45.6 Å². The molecule has 4 aromatic carbocycles. The summed E-state index contributed by atoms with van der Waals surface area (Å²) < 4.78 is 52.8. The number of halogens is 3. The summed E-state index contributed by atoms with van der Waals surface area (Å²) in [7, 11) is 4.57. The molecule has 0 aliphatic carbocycles. The summed E-state index contributed by atoms with van der Waals surface area (Å²) in [6.07, 6.45) is -4.27. The quantitative estimate of drug-likeness (QED) is 0.157. The number of aromatic nitrogens is 2. The van der Waals surface area contributed by atoms with Crippen molar-refractivity contribution in [2.45, 2.75) is 18.5 Å². The van der Waals surface area contributed by atoms with E-state index in [4.69, 9.17) is 9.47 Å². The van der Waals surface area contributed by atoms with Crippen LogP contribution in [0.25, 0.3) is 21.8 Å². The molecule has 48 heavy (non-hydrogen) atoms. The largest absolute Gasteiger partial charge is 0.507 e. The maximum Gasteiger partial charge on any atom is 0.416 e. The van der Waals surface area contributed by atoms with Gasteiger partial charge in [0.25, 0.3) is 11.5 Å². The zero-order valence-corrected chi connectivity index (χ0v) is 26.3. The van der Waals surface area contributed by atoms with Gasteiger partial charge in [0.05, 0.1) is 36.8 Å². The number of rotatable bonds is 9. The van der Waals surface area contributed by atoms with Gasteiger partial charge in [0.1, 0.15) is 5.75 Å². The number of aromatic hydroxyl groups is 1. The second-order valence-corrected chi connectivity index (χ2v) is 11.3. The normalized spacial score (nSPS) is 12.3. The molecule has 0 saturated heterocycles. The van der Waals surface area contributed by atoms with Gasteiger partial charge in [-0.3, -0.25) is 9.59 Å². The summed E-state index contributed by atoms with van der Waals surface area (Å²) in [6, 6.07) is 23.7. The fourth-order valence-electron chi connectivity index (χ4n) is 6.22. The number of methoxy groups -OCH3 is 2. The Morgan fingerprint density at radius 3 is 2.27 bits per heavy atom. The highest BCUT2D eigenvalue weighted by molar-refractivity contribution is 5.95. The highest BCUT2D eigenvalue weighted by atomic mass is 19.4. The van der Waals surface area contributed by atoms with Gasteiger partial charge >= 0.3 is 6.18 Å². The fraction of sp³-hybridized carbons (Fsp3) is 0.189. The minimum atomic E-state index is -4.56. The minimum absolute atomic E-state index is 0.0122.